The van der Waals surface area contributed by atoms with Crippen molar-refractivity contribution in [1.29, 1.82) is 0 Å². The number of fused-ring (bicyclic) bond motifs is 1. The standard InChI is InChI=1S/C10H14ClN5S/c1-10(2,17-3)4-12-7-6-8(14-5-13-6)16-9(11)15-7/h5H,4H2,1-3H3,(H2,12,13,14,15,16). The van der Waals surface area contributed by atoms with Crippen LogP contribution >= 0.6 is 23.4 Å². The number of nitrogens with one attached hydrogen (secondary N) is 2. The maximum Gasteiger partial charge on any atom is 0.226 e. The molecule has 0 radical (unpaired) electrons. The lowest BCUT2D eigenvalue weighted by atomic mass is 10.2. The van der Waals surface area contributed by atoms with E-state index in [-0.39, 0.29) is 10.0 Å². The fourth-order valence-corrected chi connectivity index (χ4v) is 1.68. The van der Waals surface area contributed by atoms with Gasteiger partial charge >= 0.3 is 0 Å². The average Bonchev–Trinajstić information content (AvgIpc) is 2.73. The first kappa shape index (κ1) is 12.4. The molecule has 0 fully saturated rings. The van der Waals surface area contributed by atoms with Crippen LogP contribution in [0.2, 0.25) is 5.28 Å². The van der Waals surface area contributed by atoms with Gasteiger partial charge in [-0.1, -0.05) is 0 Å². The smallest absolute Gasteiger partial charge is 0.226 e. The number of nitrogens with zero attached hydrogens (tertiary/aromatic N) is 3. The molecule has 0 bridgehead atoms. The molecular formula is C10H14ClN5S. The summed E-state index contributed by atoms with van der Waals surface area (Å²) in [5.74, 6) is 0.694. The van der Waals surface area contributed by atoms with Crippen LogP contribution in [-0.2, 0) is 0 Å². The summed E-state index contributed by atoms with van der Waals surface area (Å²) in [4.78, 5) is 15.3. The Balaban J connectivity index is 2.26. The minimum atomic E-state index is 0.129. The lowest BCUT2D eigenvalue weighted by Gasteiger charge is -2.22. The van der Waals surface area contributed by atoms with Crippen LogP contribution < -0.4 is 5.32 Å². The maximum atomic E-state index is 5.84. The molecule has 5 nitrogen and oxygen atoms in total. The summed E-state index contributed by atoms with van der Waals surface area (Å²) >= 11 is 7.64. The molecule has 17 heavy (non-hydrogen) atoms. The molecule has 0 spiro atoms. The topological polar surface area (TPSA) is 66.5 Å². The molecule has 0 aliphatic carbocycles. The number of aromatic nitrogens is 4. The van der Waals surface area contributed by atoms with E-state index in [1.807, 2.05) is 0 Å². The zero-order valence-electron chi connectivity index (χ0n) is 9.91. The highest BCUT2D eigenvalue weighted by Crippen LogP contribution is 2.24. The van der Waals surface area contributed by atoms with Gasteiger partial charge in [-0.25, -0.2) is 4.98 Å². The summed E-state index contributed by atoms with van der Waals surface area (Å²) in [7, 11) is 0. The highest BCUT2D eigenvalue weighted by Gasteiger charge is 2.17. The average molecular weight is 272 g/mol. The van der Waals surface area contributed by atoms with Gasteiger partial charge in [0.15, 0.2) is 11.5 Å². The van der Waals surface area contributed by atoms with Crippen LogP contribution in [0.4, 0.5) is 5.82 Å². The molecule has 92 valence electrons. The fourth-order valence-electron chi connectivity index (χ4n) is 1.30. The van der Waals surface area contributed by atoms with Gasteiger partial charge in [-0.15, -0.1) is 0 Å². The third-order valence-corrected chi connectivity index (χ3v) is 3.91. The number of aromatic amines is 1. The van der Waals surface area contributed by atoms with Gasteiger partial charge in [0.1, 0.15) is 5.52 Å². The highest BCUT2D eigenvalue weighted by molar-refractivity contribution is 7.99. The van der Waals surface area contributed by atoms with Crippen LogP contribution in [0.25, 0.3) is 11.2 Å². The van der Waals surface area contributed by atoms with Crippen LogP contribution in [0, 0.1) is 0 Å². The normalized spacial score (nSPS) is 12.0. The van der Waals surface area contributed by atoms with Crippen LogP contribution in [-0.4, -0.2) is 37.5 Å². The van der Waals surface area contributed by atoms with Crippen molar-refractivity contribution in [2.75, 3.05) is 18.1 Å². The Morgan fingerprint density at radius 3 is 2.94 bits per heavy atom. The molecule has 0 unspecified atom stereocenters. The lowest BCUT2D eigenvalue weighted by molar-refractivity contribution is 0.750. The van der Waals surface area contributed by atoms with Gasteiger partial charge in [0, 0.05) is 11.3 Å². The minimum absolute atomic E-state index is 0.129. The molecular weight excluding hydrogens is 258 g/mol. The maximum absolute atomic E-state index is 5.84. The van der Waals surface area contributed by atoms with Crippen LogP contribution in [0.1, 0.15) is 13.8 Å². The number of anilines is 1. The first-order chi connectivity index (χ1) is 8.02. The molecule has 0 aliphatic heterocycles. The molecule has 2 heterocycles. The molecule has 0 saturated carbocycles. The number of hydrogen-bond donors (Lipinski definition) is 2. The molecule has 2 N–H and O–H groups in total. The third-order valence-electron chi connectivity index (χ3n) is 2.49. The molecule has 2 rings (SSSR count). The second-order valence-corrected chi connectivity index (χ2v) is 6.11. The van der Waals surface area contributed by atoms with E-state index in [0.717, 1.165) is 12.1 Å². The predicted octanol–water partition coefficient (Wildman–Crippen LogP) is 2.56. The summed E-state index contributed by atoms with van der Waals surface area (Å²) in [5, 5.41) is 3.48. The molecule has 2 aromatic rings. The molecule has 2 aromatic heterocycles. The van der Waals surface area contributed by atoms with Crippen molar-refractivity contribution in [2.45, 2.75) is 18.6 Å². The van der Waals surface area contributed by atoms with E-state index in [0.29, 0.717) is 11.5 Å². The van der Waals surface area contributed by atoms with E-state index >= 15 is 0 Å². The number of hydrogen-bond acceptors (Lipinski definition) is 5. The summed E-state index contributed by atoms with van der Waals surface area (Å²) in [6.45, 7) is 5.12. The van der Waals surface area contributed by atoms with Crippen molar-refractivity contribution in [3.05, 3.63) is 11.6 Å². The largest absolute Gasteiger partial charge is 0.367 e. The SMILES string of the molecule is CSC(C)(C)CNc1nc(Cl)nc2nc[nH]c12. The number of imidazole rings is 1. The quantitative estimate of drug-likeness (QED) is 0.837. The summed E-state index contributed by atoms with van der Waals surface area (Å²) in [6, 6.07) is 0. The van der Waals surface area contributed by atoms with Crippen molar-refractivity contribution >= 4 is 40.3 Å². The monoisotopic (exact) mass is 271 g/mol. The van der Waals surface area contributed by atoms with E-state index in [1.165, 1.54) is 0 Å². The Kier molecular flexibility index (Phi) is 3.44. The minimum Gasteiger partial charge on any atom is -0.367 e. The fraction of sp³-hybridized carbons (Fsp3) is 0.500. The number of halogens is 1. The van der Waals surface area contributed by atoms with Gasteiger partial charge in [0.2, 0.25) is 5.28 Å². The number of H-pyrrole nitrogens is 1. The van der Waals surface area contributed by atoms with Crippen LogP contribution in [0.3, 0.4) is 0 Å². The number of thioether (sulfide) groups is 1. The molecule has 0 saturated heterocycles. The lowest BCUT2D eigenvalue weighted by Crippen LogP contribution is -2.26. The van der Waals surface area contributed by atoms with Gasteiger partial charge in [0.05, 0.1) is 6.33 Å². The van der Waals surface area contributed by atoms with Crippen molar-refractivity contribution in [3.8, 4) is 0 Å². The summed E-state index contributed by atoms with van der Waals surface area (Å²) < 4.78 is 0.129. The van der Waals surface area contributed by atoms with E-state index in [2.05, 4.69) is 45.4 Å². The predicted molar refractivity (Wildman–Crippen MR) is 72.8 cm³/mol. The Morgan fingerprint density at radius 2 is 2.24 bits per heavy atom. The van der Waals surface area contributed by atoms with E-state index in [1.54, 1.807) is 18.1 Å². The highest BCUT2D eigenvalue weighted by atomic mass is 35.5. The zero-order valence-corrected chi connectivity index (χ0v) is 11.5. The van der Waals surface area contributed by atoms with Gasteiger partial charge in [-0.3, -0.25) is 0 Å². The molecule has 0 aromatic carbocycles. The summed E-state index contributed by atoms with van der Waals surface area (Å²) in [6.07, 6.45) is 3.67. The summed E-state index contributed by atoms with van der Waals surface area (Å²) in [5.41, 5.74) is 1.36. The molecule has 0 amide bonds. The van der Waals surface area contributed by atoms with Crippen molar-refractivity contribution in [2.24, 2.45) is 0 Å². The zero-order chi connectivity index (χ0) is 12.5. The van der Waals surface area contributed by atoms with E-state index in [4.69, 9.17) is 11.6 Å². The van der Waals surface area contributed by atoms with Crippen molar-refractivity contribution in [1.82, 2.24) is 19.9 Å². The Hall–Kier alpha value is -1.01. The Bertz CT molecular complexity index is 524. The van der Waals surface area contributed by atoms with Crippen LogP contribution in [0.5, 0.6) is 0 Å². The van der Waals surface area contributed by atoms with Gasteiger partial charge in [-0.05, 0) is 31.7 Å². The van der Waals surface area contributed by atoms with Crippen molar-refractivity contribution < 1.29 is 0 Å². The van der Waals surface area contributed by atoms with E-state index < -0.39 is 0 Å². The first-order valence-electron chi connectivity index (χ1n) is 5.17. The van der Waals surface area contributed by atoms with Gasteiger partial charge in [0.25, 0.3) is 0 Å². The molecule has 7 heteroatoms. The van der Waals surface area contributed by atoms with E-state index in [9.17, 15) is 0 Å². The number of rotatable bonds is 4. The first-order valence-corrected chi connectivity index (χ1v) is 6.78. The second-order valence-electron chi connectivity index (χ2n) is 4.26. The molecule has 0 atom stereocenters. The molecule has 0 aliphatic rings. The third kappa shape index (κ3) is 2.81. The Morgan fingerprint density at radius 1 is 1.47 bits per heavy atom. The van der Waals surface area contributed by atoms with Crippen molar-refractivity contribution in [3.63, 3.8) is 0 Å². The van der Waals surface area contributed by atoms with Gasteiger partial charge in [-0.2, -0.15) is 21.7 Å². The van der Waals surface area contributed by atoms with Crippen LogP contribution in [0.15, 0.2) is 6.33 Å². The Labute approximate surface area is 109 Å². The van der Waals surface area contributed by atoms with Gasteiger partial charge < -0.3 is 10.3 Å². The second kappa shape index (κ2) is 4.70.